The quantitative estimate of drug-likeness (QED) is 0.167. The molecule has 5 heteroatoms. The van der Waals surface area contributed by atoms with E-state index in [1.54, 1.807) is 12.1 Å². The first-order valence-electron chi connectivity index (χ1n) is 11.0. The second-order valence-electron chi connectivity index (χ2n) is 7.64. The number of benzene rings is 2. The molecule has 0 spiro atoms. The molecule has 2 aromatic carbocycles. The van der Waals surface area contributed by atoms with Crippen LogP contribution in [0.3, 0.4) is 0 Å². The molecule has 0 N–H and O–H groups in total. The van der Waals surface area contributed by atoms with Crippen molar-refractivity contribution in [3.63, 3.8) is 0 Å². The van der Waals surface area contributed by atoms with Crippen LogP contribution in [0.2, 0.25) is 0 Å². The zero-order valence-electron chi connectivity index (χ0n) is 20.1. The van der Waals surface area contributed by atoms with E-state index in [1.807, 2.05) is 30.3 Å². The molecular formula is C24H38CaO3S. The molecule has 0 saturated heterocycles. The Morgan fingerprint density at radius 3 is 1.86 bits per heavy atom. The average molecular weight is 447 g/mol. The number of unbranched alkanes of at least 4 members (excludes halogenated alkanes) is 11. The van der Waals surface area contributed by atoms with E-state index in [1.165, 1.54) is 57.8 Å². The maximum Gasteiger partial charge on any atom is 2.00 e. The molecule has 160 valence electrons. The van der Waals surface area contributed by atoms with Crippen molar-refractivity contribution in [3.8, 4) is 0 Å². The fourth-order valence-electron chi connectivity index (χ4n) is 3.59. The second-order valence-corrected chi connectivity index (χ2v) is 9.23. The summed E-state index contributed by atoms with van der Waals surface area (Å²) in [6, 6.07) is 12.8. The van der Waals surface area contributed by atoms with Crippen molar-refractivity contribution in [1.82, 2.24) is 0 Å². The summed E-state index contributed by atoms with van der Waals surface area (Å²) in [5, 5.41) is 1.64. The van der Waals surface area contributed by atoms with Gasteiger partial charge in [-0.25, -0.2) is 0 Å². The van der Waals surface area contributed by atoms with Gasteiger partial charge in [0.15, 0.2) is 0 Å². The molecule has 2 rings (SSSR count). The molecule has 3 nitrogen and oxygen atoms in total. The molecule has 0 saturated carbocycles. The van der Waals surface area contributed by atoms with E-state index >= 15 is 0 Å². The first-order chi connectivity index (χ1) is 13.6. The molecule has 0 aromatic heterocycles. The van der Waals surface area contributed by atoms with Crippen LogP contribution in [0.5, 0.6) is 0 Å². The van der Waals surface area contributed by atoms with Gasteiger partial charge < -0.3 is 2.85 Å². The second kappa shape index (κ2) is 15.6. The summed E-state index contributed by atoms with van der Waals surface area (Å²) in [6.07, 6.45) is 15.0. The van der Waals surface area contributed by atoms with Crippen molar-refractivity contribution in [2.75, 3.05) is 6.61 Å². The van der Waals surface area contributed by atoms with E-state index in [9.17, 15) is 8.42 Å². The molecule has 0 atom stereocenters. The minimum Gasteiger partial charge on any atom is -1.00 e. The van der Waals surface area contributed by atoms with Gasteiger partial charge in [-0.15, -0.1) is 0 Å². The van der Waals surface area contributed by atoms with Crippen molar-refractivity contribution in [2.45, 2.75) is 88.9 Å². The maximum absolute atomic E-state index is 12.5. The van der Waals surface area contributed by atoms with E-state index in [0.717, 1.165) is 30.0 Å². The van der Waals surface area contributed by atoms with Gasteiger partial charge in [-0.05, 0) is 17.9 Å². The largest absolute Gasteiger partial charge is 2.00 e. The minimum atomic E-state index is -3.70. The molecule has 0 amide bonds. The van der Waals surface area contributed by atoms with Gasteiger partial charge in [0, 0.05) is 5.39 Å². The molecular weight excluding hydrogens is 408 g/mol. The topological polar surface area (TPSA) is 43.4 Å². The fraction of sp³-hybridized carbons (Fsp3) is 0.583. The molecule has 0 radical (unpaired) electrons. The van der Waals surface area contributed by atoms with Crippen molar-refractivity contribution >= 4 is 58.6 Å². The fourth-order valence-corrected chi connectivity index (χ4v) is 4.75. The molecule has 0 fully saturated rings. The van der Waals surface area contributed by atoms with E-state index < -0.39 is 10.1 Å². The third kappa shape index (κ3) is 10.1. The molecule has 2 aromatic rings. The van der Waals surface area contributed by atoms with Gasteiger partial charge >= 0.3 is 37.7 Å². The molecule has 0 aliphatic heterocycles. The van der Waals surface area contributed by atoms with Crippen LogP contribution in [0, 0.1) is 0 Å². The summed E-state index contributed by atoms with van der Waals surface area (Å²) in [5.74, 6) is 0. The zero-order chi connectivity index (χ0) is 20.1. The molecule has 0 unspecified atom stereocenters. The normalized spacial score (nSPS) is 11.5. The molecule has 0 heterocycles. The Hall–Kier alpha value is -0.130. The standard InChI is InChI=1S/C24H36O3S.Ca.2H/c1-2-3-4-5-6-7-8-9-10-11-12-15-21-27-28(25,26)24-20-16-18-22-17-13-14-19-23(22)24;;;/h13-14,16-20H,2-12,15,21H2,1H3;;;/q;+2;2*-1. The smallest absolute Gasteiger partial charge is 1.00 e. The Balaban J connectivity index is 0. The van der Waals surface area contributed by atoms with Gasteiger partial charge in [-0.2, -0.15) is 8.42 Å². The van der Waals surface area contributed by atoms with E-state index in [0.29, 0.717) is 0 Å². The predicted octanol–water partition coefficient (Wildman–Crippen LogP) is 7.09. The maximum atomic E-state index is 12.5. The number of fused-ring (bicyclic) bond motifs is 1. The van der Waals surface area contributed by atoms with Crippen LogP contribution in [0.15, 0.2) is 47.4 Å². The first kappa shape index (κ1) is 26.9. The van der Waals surface area contributed by atoms with Gasteiger partial charge in [0.25, 0.3) is 10.1 Å². The summed E-state index contributed by atoms with van der Waals surface area (Å²) in [7, 11) is -3.70. The summed E-state index contributed by atoms with van der Waals surface area (Å²) < 4.78 is 30.3. The van der Waals surface area contributed by atoms with Crippen LogP contribution in [0.25, 0.3) is 10.8 Å². The number of hydrogen-bond donors (Lipinski definition) is 0. The van der Waals surface area contributed by atoms with Crippen LogP contribution in [0.1, 0.15) is 86.8 Å². The van der Waals surface area contributed by atoms with Crippen LogP contribution >= 0.6 is 0 Å². The van der Waals surface area contributed by atoms with Crippen molar-refractivity contribution in [1.29, 1.82) is 0 Å². The van der Waals surface area contributed by atoms with Gasteiger partial charge in [0.2, 0.25) is 0 Å². The molecule has 0 bridgehead atoms. The van der Waals surface area contributed by atoms with Gasteiger partial charge in [-0.1, -0.05) is 114 Å². The van der Waals surface area contributed by atoms with E-state index in [-0.39, 0.29) is 52.1 Å². The SMILES string of the molecule is CCCCCCCCCCCCCCOS(=O)(=O)c1cccc2ccccc12.[Ca+2].[H-].[H-]. The van der Waals surface area contributed by atoms with Gasteiger partial charge in [0.1, 0.15) is 4.90 Å². The van der Waals surface area contributed by atoms with E-state index in [4.69, 9.17) is 4.18 Å². The summed E-state index contributed by atoms with van der Waals surface area (Å²) in [4.78, 5) is 0.268. The van der Waals surface area contributed by atoms with Gasteiger partial charge in [0.05, 0.1) is 6.61 Å². The molecule has 0 aliphatic rings. The first-order valence-corrected chi connectivity index (χ1v) is 12.4. The summed E-state index contributed by atoms with van der Waals surface area (Å²) in [6.45, 7) is 2.52. The van der Waals surface area contributed by atoms with Gasteiger partial charge in [-0.3, -0.25) is 4.18 Å². The monoisotopic (exact) mass is 446 g/mol. The van der Waals surface area contributed by atoms with E-state index in [2.05, 4.69) is 6.92 Å². The van der Waals surface area contributed by atoms with Crippen LogP contribution in [-0.4, -0.2) is 52.8 Å². The van der Waals surface area contributed by atoms with Crippen LogP contribution in [0.4, 0.5) is 0 Å². The van der Waals surface area contributed by atoms with Crippen LogP contribution in [-0.2, 0) is 14.3 Å². The van der Waals surface area contributed by atoms with Crippen molar-refractivity contribution in [3.05, 3.63) is 42.5 Å². The Labute approximate surface area is 210 Å². The third-order valence-corrected chi connectivity index (χ3v) is 6.63. The summed E-state index contributed by atoms with van der Waals surface area (Å²) in [5.41, 5.74) is 0. The Kier molecular flexibility index (Phi) is 14.5. The van der Waals surface area contributed by atoms with Crippen molar-refractivity contribution in [2.24, 2.45) is 0 Å². The Morgan fingerprint density at radius 2 is 1.24 bits per heavy atom. The Morgan fingerprint density at radius 1 is 0.724 bits per heavy atom. The molecule has 0 aliphatic carbocycles. The summed E-state index contributed by atoms with van der Waals surface area (Å²) >= 11 is 0. The minimum absolute atomic E-state index is 0. The number of rotatable bonds is 15. The molecule has 29 heavy (non-hydrogen) atoms. The zero-order valence-corrected chi connectivity index (χ0v) is 21.1. The van der Waals surface area contributed by atoms with Crippen molar-refractivity contribution < 1.29 is 15.5 Å². The number of hydrogen-bond acceptors (Lipinski definition) is 3. The van der Waals surface area contributed by atoms with Crippen LogP contribution < -0.4 is 0 Å². The Bertz CT molecular complexity index is 795. The predicted molar refractivity (Wildman–Crippen MR) is 126 cm³/mol. The average Bonchev–Trinajstić information content (AvgIpc) is 2.71. The third-order valence-electron chi connectivity index (χ3n) is 5.26.